The smallest absolute Gasteiger partial charge is 0.321 e. The number of benzene rings is 1. The number of anilines is 1. The number of amides is 4. The summed E-state index contributed by atoms with van der Waals surface area (Å²) in [5.74, 6) is -1.61. The molecular formula is C15H19N3O5S. The van der Waals surface area contributed by atoms with E-state index in [2.05, 4.69) is 15.4 Å². The van der Waals surface area contributed by atoms with E-state index < -0.39 is 24.5 Å². The van der Waals surface area contributed by atoms with E-state index in [4.69, 9.17) is 0 Å². The highest BCUT2D eigenvalue weighted by molar-refractivity contribution is 8.00. The van der Waals surface area contributed by atoms with E-state index in [0.29, 0.717) is 5.69 Å². The summed E-state index contributed by atoms with van der Waals surface area (Å²) in [5, 5.41) is 6.85. The van der Waals surface area contributed by atoms with E-state index in [-0.39, 0.29) is 17.4 Å². The van der Waals surface area contributed by atoms with Crippen LogP contribution in [0.25, 0.3) is 0 Å². The molecule has 0 fully saturated rings. The fourth-order valence-corrected chi connectivity index (χ4v) is 2.08. The molecule has 0 aliphatic carbocycles. The molecule has 0 radical (unpaired) electrons. The van der Waals surface area contributed by atoms with Crippen LogP contribution in [0.2, 0.25) is 0 Å². The van der Waals surface area contributed by atoms with Crippen LogP contribution in [0.1, 0.15) is 5.56 Å². The minimum absolute atomic E-state index is 0.0748. The SMILES string of the molecule is CNC(=O)NC(=O)COC(=O)CSCC(=O)Nc1ccc(C)cc1. The molecule has 0 aliphatic heterocycles. The van der Waals surface area contributed by atoms with Crippen LogP contribution in [0.4, 0.5) is 10.5 Å². The predicted octanol–water partition coefficient (Wildman–Crippen LogP) is 0.666. The summed E-state index contributed by atoms with van der Waals surface area (Å²) in [5.41, 5.74) is 1.77. The molecule has 0 unspecified atom stereocenters. The monoisotopic (exact) mass is 353 g/mol. The largest absolute Gasteiger partial charge is 0.455 e. The average molecular weight is 353 g/mol. The molecule has 130 valence electrons. The fraction of sp³-hybridized carbons (Fsp3) is 0.333. The van der Waals surface area contributed by atoms with E-state index in [0.717, 1.165) is 17.3 Å². The van der Waals surface area contributed by atoms with Gasteiger partial charge in [-0.1, -0.05) is 17.7 Å². The van der Waals surface area contributed by atoms with Crippen LogP contribution in [0.5, 0.6) is 0 Å². The fourth-order valence-electron chi connectivity index (χ4n) is 1.47. The van der Waals surface area contributed by atoms with Crippen molar-refractivity contribution in [2.75, 3.05) is 30.5 Å². The van der Waals surface area contributed by atoms with Gasteiger partial charge in [-0.2, -0.15) is 0 Å². The van der Waals surface area contributed by atoms with Crippen molar-refractivity contribution in [3.05, 3.63) is 29.8 Å². The van der Waals surface area contributed by atoms with E-state index in [1.165, 1.54) is 7.05 Å². The average Bonchev–Trinajstić information content (AvgIpc) is 2.55. The van der Waals surface area contributed by atoms with E-state index in [9.17, 15) is 19.2 Å². The van der Waals surface area contributed by atoms with Crippen LogP contribution in [0, 0.1) is 6.92 Å². The Bertz CT molecular complexity index is 604. The second-order valence-electron chi connectivity index (χ2n) is 4.69. The zero-order valence-corrected chi connectivity index (χ0v) is 14.2. The quantitative estimate of drug-likeness (QED) is 0.621. The third-order valence-electron chi connectivity index (χ3n) is 2.63. The highest BCUT2D eigenvalue weighted by Gasteiger charge is 2.11. The van der Waals surface area contributed by atoms with Gasteiger partial charge < -0.3 is 15.4 Å². The number of aryl methyl sites for hydroxylation is 1. The van der Waals surface area contributed by atoms with Crippen LogP contribution < -0.4 is 16.0 Å². The summed E-state index contributed by atoms with van der Waals surface area (Å²) in [4.78, 5) is 45.2. The lowest BCUT2D eigenvalue weighted by Gasteiger charge is -2.06. The Labute approximate surface area is 143 Å². The standard InChI is InChI=1S/C15H19N3O5S/c1-10-3-5-11(6-4-10)17-13(20)8-24-9-14(21)23-7-12(19)18-15(22)16-2/h3-6H,7-9H2,1-2H3,(H,17,20)(H2,16,18,19,22). The van der Waals surface area contributed by atoms with E-state index in [1.807, 2.05) is 24.4 Å². The van der Waals surface area contributed by atoms with Crippen molar-refractivity contribution in [3.8, 4) is 0 Å². The number of thioether (sulfide) groups is 1. The molecule has 0 heterocycles. The first-order valence-corrected chi connectivity index (χ1v) is 8.17. The van der Waals surface area contributed by atoms with Gasteiger partial charge >= 0.3 is 12.0 Å². The van der Waals surface area contributed by atoms with Crippen molar-refractivity contribution in [2.24, 2.45) is 0 Å². The number of urea groups is 1. The summed E-state index contributed by atoms with van der Waals surface area (Å²) >= 11 is 1.06. The zero-order valence-electron chi connectivity index (χ0n) is 13.4. The van der Waals surface area contributed by atoms with Gasteiger partial charge in [-0.05, 0) is 19.1 Å². The molecule has 0 bridgehead atoms. The van der Waals surface area contributed by atoms with Gasteiger partial charge in [0.15, 0.2) is 6.61 Å². The molecule has 0 saturated heterocycles. The number of imide groups is 1. The maximum atomic E-state index is 11.7. The summed E-state index contributed by atoms with van der Waals surface area (Å²) in [7, 11) is 1.35. The first kappa shape index (κ1) is 19.5. The van der Waals surface area contributed by atoms with Crippen molar-refractivity contribution in [3.63, 3.8) is 0 Å². The van der Waals surface area contributed by atoms with Crippen molar-refractivity contribution in [1.82, 2.24) is 10.6 Å². The number of carbonyl (C=O) groups excluding carboxylic acids is 4. The number of carbonyl (C=O) groups is 4. The lowest BCUT2D eigenvalue weighted by atomic mass is 10.2. The van der Waals surface area contributed by atoms with Crippen LogP contribution >= 0.6 is 11.8 Å². The summed E-state index contributed by atoms with van der Waals surface area (Å²) in [6.07, 6.45) is 0. The van der Waals surface area contributed by atoms with Crippen molar-refractivity contribution < 1.29 is 23.9 Å². The Hall–Kier alpha value is -2.55. The van der Waals surface area contributed by atoms with Gasteiger partial charge in [-0.25, -0.2) is 4.79 Å². The Kier molecular flexibility index (Phi) is 8.34. The Balaban J connectivity index is 2.18. The lowest BCUT2D eigenvalue weighted by molar-refractivity contribution is -0.145. The van der Waals surface area contributed by atoms with E-state index >= 15 is 0 Å². The molecular weight excluding hydrogens is 334 g/mol. The Morgan fingerprint density at radius 3 is 2.33 bits per heavy atom. The highest BCUT2D eigenvalue weighted by Crippen LogP contribution is 2.09. The molecule has 0 atom stereocenters. The maximum Gasteiger partial charge on any atom is 0.321 e. The zero-order chi connectivity index (χ0) is 17.9. The molecule has 9 heteroatoms. The number of esters is 1. The number of ether oxygens (including phenoxy) is 1. The van der Waals surface area contributed by atoms with Crippen LogP contribution in [0.3, 0.4) is 0 Å². The second-order valence-corrected chi connectivity index (χ2v) is 5.68. The summed E-state index contributed by atoms with van der Waals surface area (Å²) in [6.45, 7) is 1.39. The molecule has 3 N–H and O–H groups in total. The maximum absolute atomic E-state index is 11.7. The number of rotatable bonds is 7. The topological polar surface area (TPSA) is 114 Å². The third-order valence-corrected chi connectivity index (χ3v) is 3.54. The molecule has 0 spiro atoms. The minimum atomic E-state index is -0.732. The molecule has 0 aromatic heterocycles. The molecule has 1 rings (SSSR count). The van der Waals surface area contributed by atoms with Gasteiger partial charge in [0, 0.05) is 12.7 Å². The van der Waals surface area contributed by atoms with Gasteiger partial charge in [0.1, 0.15) is 0 Å². The number of nitrogens with one attached hydrogen (secondary N) is 3. The minimum Gasteiger partial charge on any atom is -0.455 e. The van der Waals surface area contributed by atoms with Gasteiger partial charge in [0.05, 0.1) is 11.5 Å². The predicted molar refractivity (Wildman–Crippen MR) is 90.7 cm³/mol. The molecule has 4 amide bonds. The van der Waals surface area contributed by atoms with E-state index in [1.54, 1.807) is 12.1 Å². The van der Waals surface area contributed by atoms with Crippen molar-refractivity contribution in [2.45, 2.75) is 6.92 Å². The number of hydrogen-bond donors (Lipinski definition) is 3. The van der Waals surface area contributed by atoms with Gasteiger partial charge in [-0.3, -0.25) is 19.7 Å². The third kappa shape index (κ3) is 8.18. The Morgan fingerprint density at radius 1 is 1.04 bits per heavy atom. The first-order chi connectivity index (χ1) is 11.4. The molecule has 1 aromatic rings. The number of hydrogen-bond acceptors (Lipinski definition) is 6. The summed E-state index contributed by atoms with van der Waals surface area (Å²) < 4.78 is 4.68. The molecule has 1 aromatic carbocycles. The molecule has 0 saturated carbocycles. The first-order valence-electron chi connectivity index (χ1n) is 7.02. The van der Waals surface area contributed by atoms with Crippen LogP contribution in [-0.4, -0.2) is 49.0 Å². The normalized spacial score (nSPS) is 9.75. The lowest BCUT2D eigenvalue weighted by Crippen LogP contribution is -2.39. The van der Waals surface area contributed by atoms with Crippen LogP contribution in [-0.2, 0) is 19.1 Å². The Morgan fingerprint density at radius 2 is 1.71 bits per heavy atom. The summed E-state index contributed by atoms with van der Waals surface area (Å²) in [6, 6.07) is 6.65. The van der Waals surface area contributed by atoms with Gasteiger partial charge in [-0.15, -0.1) is 11.8 Å². The molecule has 8 nitrogen and oxygen atoms in total. The van der Waals surface area contributed by atoms with Gasteiger partial charge in [0.25, 0.3) is 5.91 Å². The molecule has 24 heavy (non-hydrogen) atoms. The molecule has 0 aliphatic rings. The highest BCUT2D eigenvalue weighted by atomic mass is 32.2. The van der Waals surface area contributed by atoms with Crippen LogP contribution in [0.15, 0.2) is 24.3 Å². The van der Waals surface area contributed by atoms with Gasteiger partial charge in [0.2, 0.25) is 5.91 Å². The second kappa shape index (κ2) is 10.3. The van der Waals surface area contributed by atoms with Crippen molar-refractivity contribution in [1.29, 1.82) is 0 Å². The van der Waals surface area contributed by atoms with Crippen molar-refractivity contribution >= 4 is 41.3 Å².